The predicted octanol–water partition coefficient (Wildman–Crippen LogP) is 2.91. The van der Waals surface area contributed by atoms with Crippen molar-refractivity contribution in [1.82, 2.24) is 4.98 Å². The number of hydrogen-bond donors (Lipinski definition) is 1. The smallest absolute Gasteiger partial charge is 0.387 e. The summed E-state index contributed by atoms with van der Waals surface area (Å²) in [4.78, 5) is 4.51. The first-order valence-electron chi connectivity index (χ1n) is 5.81. The Morgan fingerprint density at radius 2 is 2.11 bits per heavy atom. The molecule has 1 aromatic carbocycles. The van der Waals surface area contributed by atoms with Crippen LogP contribution in [0, 0.1) is 0 Å². The first kappa shape index (κ1) is 11.2. The van der Waals surface area contributed by atoms with E-state index in [0.29, 0.717) is 11.1 Å². The second kappa shape index (κ2) is 4.08. The monoisotopic (exact) mass is 250 g/mol. The number of nitrogen functional groups attached to an aromatic ring is 1. The first-order valence-corrected chi connectivity index (χ1v) is 5.81. The highest BCUT2D eigenvalue weighted by Crippen LogP contribution is 2.33. The van der Waals surface area contributed by atoms with E-state index in [1.165, 1.54) is 12.1 Å². The number of ether oxygens (including phenoxy) is 1. The third-order valence-corrected chi connectivity index (χ3v) is 3.25. The molecule has 0 bridgehead atoms. The van der Waals surface area contributed by atoms with Crippen LogP contribution in [0.4, 0.5) is 14.5 Å². The van der Waals surface area contributed by atoms with E-state index in [9.17, 15) is 8.78 Å². The van der Waals surface area contributed by atoms with Gasteiger partial charge in [0.25, 0.3) is 0 Å². The molecule has 1 aliphatic carbocycles. The van der Waals surface area contributed by atoms with Gasteiger partial charge in [0, 0.05) is 16.8 Å². The molecule has 0 unspecified atom stereocenters. The molecule has 3 nitrogen and oxygen atoms in total. The zero-order chi connectivity index (χ0) is 12.7. The van der Waals surface area contributed by atoms with Gasteiger partial charge in [-0.2, -0.15) is 8.78 Å². The minimum absolute atomic E-state index is 0.115. The topological polar surface area (TPSA) is 48.1 Å². The van der Waals surface area contributed by atoms with E-state index in [1.54, 1.807) is 6.07 Å². The van der Waals surface area contributed by atoms with E-state index < -0.39 is 6.61 Å². The molecule has 0 fully saturated rings. The zero-order valence-corrected chi connectivity index (χ0v) is 9.62. The molecule has 1 aliphatic rings. The number of nitrogens with zero attached hydrogens (tertiary/aromatic N) is 1. The van der Waals surface area contributed by atoms with Crippen molar-refractivity contribution in [1.29, 1.82) is 0 Å². The van der Waals surface area contributed by atoms with E-state index in [2.05, 4.69) is 9.72 Å². The number of hydrogen-bond acceptors (Lipinski definition) is 3. The average Bonchev–Trinajstić information content (AvgIpc) is 2.78. The molecule has 1 heterocycles. The van der Waals surface area contributed by atoms with E-state index in [-0.39, 0.29) is 5.75 Å². The summed E-state index contributed by atoms with van der Waals surface area (Å²) in [6.07, 6.45) is 2.89. The maximum absolute atomic E-state index is 12.2. The fourth-order valence-electron chi connectivity index (χ4n) is 2.45. The van der Waals surface area contributed by atoms with Crippen LogP contribution in [0.2, 0.25) is 0 Å². The van der Waals surface area contributed by atoms with Crippen LogP contribution < -0.4 is 10.5 Å². The summed E-state index contributed by atoms with van der Waals surface area (Å²) in [7, 11) is 0. The van der Waals surface area contributed by atoms with Gasteiger partial charge in [-0.1, -0.05) is 0 Å². The Hall–Kier alpha value is -1.91. The first-order chi connectivity index (χ1) is 8.65. The molecule has 0 saturated carbocycles. The van der Waals surface area contributed by atoms with Crippen molar-refractivity contribution in [2.24, 2.45) is 0 Å². The number of halogens is 2. The second-order valence-corrected chi connectivity index (χ2v) is 4.36. The van der Waals surface area contributed by atoms with Crippen LogP contribution in [0.25, 0.3) is 10.9 Å². The maximum Gasteiger partial charge on any atom is 0.387 e. The van der Waals surface area contributed by atoms with Crippen molar-refractivity contribution < 1.29 is 13.5 Å². The van der Waals surface area contributed by atoms with Gasteiger partial charge < -0.3 is 10.5 Å². The molecule has 18 heavy (non-hydrogen) atoms. The maximum atomic E-state index is 12.2. The average molecular weight is 250 g/mol. The number of nitrogens with two attached hydrogens (primary N) is 1. The van der Waals surface area contributed by atoms with Crippen molar-refractivity contribution in [3.63, 3.8) is 0 Å². The normalized spacial score (nSPS) is 14.2. The Morgan fingerprint density at radius 3 is 2.89 bits per heavy atom. The lowest BCUT2D eigenvalue weighted by atomic mass is 10.1. The highest BCUT2D eigenvalue weighted by Gasteiger charge is 2.18. The Labute approximate surface area is 103 Å². The number of aryl methyl sites for hydroxylation is 1. The van der Waals surface area contributed by atoms with Crippen LogP contribution in [0.3, 0.4) is 0 Å². The van der Waals surface area contributed by atoms with Crippen LogP contribution in [0.1, 0.15) is 17.7 Å². The van der Waals surface area contributed by atoms with Gasteiger partial charge in [0.2, 0.25) is 0 Å². The van der Waals surface area contributed by atoms with Gasteiger partial charge in [-0.25, -0.2) is 0 Å². The summed E-state index contributed by atoms with van der Waals surface area (Å²) in [5, 5.41) is 0.689. The molecule has 5 heteroatoms. The molecule has 0 spiro atoms. The zero-order valence-electron chi connectivity index (χ0n) is 9.62. The molecular weight excluding hydrogens is 238 g/mol. The van der Waals surface area contributed by atoms with Crippen LogP contribution in [0.5, 0.6) is 5.75 Å². The summed E-state index contributed by atoms with van der Waals surface area (Å²) >= 11 is 0. The molecule has 3 rings (SSSR count). The lowest BCUT2D eigenvalue weighted by Crippen LogP contribution is -2.03. The minimum atomic E-state index is -2.83. The quantitative estimate of drug-likeness (QED) is 0.891. The van der Waals surface area contributed by atoms with Crippen LogP contribution in [0.15, 0.2) is 18.2 Å². The summed E-state index contributed by atoms with van der Waals surface area (Å²) < 4.78 is 28.7. The number of fused-ring (bicyclic) bond motifs is 2. The summed E-state index contributed by atoms with van der Waals surface area (Å²) in [5.41, 5.74) is 9.55. The molecule has 2 aromatic rings. The van der Waals surface area contributed by atoms with Crippen molar-refractivity contribution in [3.05, 3.63) is 29.5 Å². The molecule has 94 valence electrons. The summed E-state index contributed by atoms with van der Waals surface area (Å²) in [6.45, 7) is -2.83. The van der Waals surface area contributed by atoms with Crippen LogP contribution >= 0.6 is 0 Å². The molecule has 2 N–H and O–H groups in total. The third kappa shape index (κ3) is 1.75. The van der Waals surface area contributed by atoms with Gasteiger partial charge in [0.15, 0.2) is 0 Å². The number of rotatable bonds is 2. The second-order valence-electron chi connectivity index (χ2n) is 4.36. The van der Waals surface area contributed by atoms with Gasteiger partial charge in [-0.05, 0) is 43.0 Å². The van der Waals surface area contributed by atoms with Gasteiger partial charge in [0.05, 0.1) is 5.52 Å². The lowest BCUT2D eigenvalue weighted by molar-refractivity contribution is -0.0497. The van der Waals surface area contributed by atoms with Gasteiger partial charge in [-0.15, -0.1) is 0 Å². The molecular formula is C13H12F2N2O. The predicted molar refractivity (Wildman–Crippen MR) is 64.8 cm³/mol. The standard InChI is InChI=1S/C13H12F2N2O/c14-13(15)18-7-4-5-11-9(6-7)12(16)8-2-1-3-10(8)17-11/h4-6,13H,1-3H2,(H2,16,17). The van der Waals surface area contributed by atoms with Crippen molar-refractivity contribution >= 4 is 16.6 Å². The minimum Gasteiger partial charge on any atom is -0.435 e. The number of benzene rings is 1. The summed E-state index contributed by atoms with van der Waals surface area (Å²) in [5.74, 6) is 0.115. The number of anilines is 1. The van der Waals surface area contributed by atoms with E-state index in [4.69, 9.17) is 5.73 Å². The van der Waals surface area contributed by atoms with Gasteiger partial charge in [-0.3, -0.25) is 4.98 Å². The Kier molecular flexibility index (Phi) is 2.54. The number of aromatic nitrogens is 1. The summed E-state index contributed by atoms with van der Waals surface area (Å²) in [6, 6.07) is 4.69. The van der Waals surface area contributed by atoms with Crippen molar-refractivity contribution in [3.8, 4) is 5.75 Å². The SMILES string of the molecule is Nc1c2c(nc3ccc(OC(F)F)cc13)CCC2. The number of alkyl halides is 2. The Morgan fingerprint density at radius 1 is 1.28 bits per heavy atom. The van der Waals surface area contributed by atoms with E-state index in [0.717, 1.165) is 36.0 Å². The highest BCUT2D eigenvalue weighted by atomic mass is 19.3. The third-order valence-electron chi connectivity index (χ3n) is 3.25. The van der Waals surface area contributed by atoms with Gasteiger partial charge in [0.1, 0.15) is 5.75 Å². The molecule has 0 saturated heterocycles. The van der Waals surface area contributed by atoms with Crippen molar-refractivity contribution in [2.75, 3.05) is 5.73 Å². The largest absolute Gasteiger partial charge is 0.435 e. The molecule has 0 radical (unpaired) electrons. The van der Waals surface area contributed by atoms with Crippen LogP contribution in [-0.4, -0.2) is 11.6 Å². The van der Waals surface area contributed by atoms with Gasteiger partial charge >= 0.3 is 6.61 Å². The van der Waals surface area contributed by atoms with E-state index >= 15 is 0 Å². The highest BCUT2D eigenvalue weighted by molar-refractivity contribution is 5.93. The van der Waals surface area contributed by atoms with Crippen molar-refractivity contribution in [2.45, 2.75) is 25.9 Å². The molecule has 0 amide bonds. The Bertz CT molecular complexity index is 613. The molecule has 0 atom stereocenters. The molecule has 1 aromatic heterocycles. The Balaban J connectivity index is 2.16. The molecule has 0 aliphatic heterocycles. The number of pyridine rings is 1. The van der Waals surface area contributed by atoms with E-state index in [1.807, 2.05) is 0 Å². The fraction of sp³-hybridized carbons (Fsp3) is 0.308. The fourth-order valence-corrected chi connectivity index (χ4v) is 2.45. The lowest BCUT2D eigenvalue weighted by Gasteiger charge is -2.10. The van der Waals surface area contributed by atoms with Crippen LogP contribution in [-0.2, 0) is 12.8 Å².